The molecule has 2 aromatic carbocycles. The summed E-state index contributed by atoms with van der Waals surface area (Å²) in [6.07, 6.45) is 0.410. The fourth-order valence-electron chi connectivity index (χ4n) is 5.13. The highest BCUT2D eigenvalue weighted by molar-refractivity contribution is 5.85. The Morgan fingerprint density at radius 2 is 1.75 bits per heavy atom. The highest BCUT2D eigenvalue weighted by Gasteiger charge is 2.35. The van der Waals surface area contributed by atoms with Gasteiger partial charge in [-0.15, -0.1) is 0 Å². The number of ether oxygens (including phenoxy) is 3. The lowest BCUT2D eigenvalue weighted by Crippen LogP contribution is -2.59. The second kappa shape index (κ2) is 12.4. The first kappa shape index (κ1) is 27.4. The van der Waals surface area contributed by atoms with Gasteiger partial charge in [-0.3, -0.25) is 19.3 Å². The van der Waals surface area contributed by atoms with Gasteiger partial charge in [-0.2, -0.15) is 0 Å². The number of hydrogen-bond acceptors (Lipinski definition) is 7. The smallest absolute Gasteiger partial charge is 0.410 e. The maximum atomic E-state index is 13.0. The molecule has 3 heterocycles. The van der Waals surface area contributed by atoms with E-state index >= 15 is 0 Å². The molecule has 40 heavy (non-hydrogen) atoms. The minimum atomic E-state index is -0.498. The van der Waals surface area contributed by atoms with Crippen LogP contribution < -0.4 is 10.1 Å². The molecule has 2 saturated heterocycles. The Hall–Kier alpha value is -4.12. The number of likely N-dealkylation sites (N-methyl/N-ethyl adjacent to an activating group) is 1. The molecule has 4 bridgehead atoms. The van der Waals surface area contributed by atoms with Crippen molar-refractivity contribution in [3.63, 3.8) is 0 Å². The average Bonchev–Trinajstić information content (AvgIpc) is 3.34. The number of benzene rings is 2. The average molecular weight is 551 g/mol. The molecule has 1 N–H and O–H groups in total. The van der Waals surface area contributed by atoms with Crippen LogP contribution in [0.3, 0.4) is 0 Å². The maximum Gasteiger partial charge on any atom is 0.410 e. The first-order valence-corrected chi connectivity index (χ1v) is 13.5. The summed E-state index contributed by atoms with van der Waals surface area (Å²) in [4.78, 5) is 55.0. The second-order valence-corrected chi connectivity index (χ2v) is 10.3. The number of fused-ring (bicyclic) bond motifs is 5. The molecule has 0 aliphatic carbocycles. The Bertz CT molecular complexity index is 1270. The molecule has 0 spiro atoms. The molecular weight excluding hydrogens is 516 g/mol. The van der Waals surface area contributed by atoms with E-state index in [-0.39, 0.29) is 56.5 Å². The van der Waals surface area contributed by atoms with Gasteiger partial charge in [0.1, 0.15) is 24.7 Å². The second-order valence-electron chi connectivity index (χ2n) is 10.3. The van der Waals surface area contributed by atoms with Gasteiger partial charge in [-0.05, 0) is 48.2 Å². The molecule has 3 aliphatic heterocycles. The van der Waals surface area contributed by atoms with E-state index in [9.17, 15) is 19.2 Å². The minimum absolute atomic E-state index is 0.0723. The van der Waals surface area contributed by atoms with Gasteiger partial charge >= 0.3 is 6.09 Å². The van der Waals surface area contributed by atoms with Gasteiger partial charge in [0.05, 0.1) is 31.8 Å². The molecule has 4 amide bonds. The normalized spacial score (nSPS) is 22.4. The van der Waals surface area contributed by atoms with Crippen LogP contribution in [0.4, 0.5) is 4.79 Å². The fraction of sp³-hybridized carbons (Fsp3) is 0.448. The Morgan fingerprint density at radius 1 is 1.00 bits per heavy atom. The molecular formula is C29H34N4O7. The molecule has 0 unspecified atom stereocenters. The molecule has 212 valence electrons. The highest BCUT2D eigenvalue weighted by atomic mass is 16.6. The van der Waals surface area contributed by atoms with Crippen molar-refractivity contribution in [3.8, 4) is 11.5 Å². The van der Waals surface area contributed by atoms with Crippen LogP contribution in [0, 0.1) is 0 Å². The number of rotatable bonds is 2. The highest BCUT2D eigenvalue weighted by Crippen LogP contribution is 2.25. The largest absolute Gasteiger partial charge is 0.457 e. The van der Waals surface area contributed by atoms with Gasteiger partial charge in [0.25, 0.3) is 0 Å². The van der Waals surface area contributed by atoms with E-state index in [2.05, 4.69) is 5.32 Å². The predicted octanol–water partition coefficient (Wildman–Crippen LogP) is 1.94. The molecule has 3 aliphatic rings. The molecule has 0 saturated carbocycles. The molecule has 5 rings (SSSR count). The summed E-state index contributed by atoms with van der Waals surface area (Å²) in [5.41, 5.74) is 1.87. The maximum absolute atomic E-state index is 13.0. The molecule has 0 aromatic heterocycles. The van der Waals surface area contributed by atoms with E-state index in [4.69, 9.17) is 14.2 Å². The summed E-state index contributed by atoms with van der Waals surface area (Å²) in [6, 6.07) is 14.8. The van der Waals surface area contributed by atoms with Crippen LogP contribution >= 0.6 is 0 Å². The summed E-state index contributed by atoms with van der Waals surface area (Å²) < 4.78 is 17.3. The number of nitrogens with one attached hydrogen (secondary N) is 1. The first-order chi connectivity index (χ1) is 19.3. The lowest BCUT2D eigenvalue weighted by molar-refractivity contribution is -0.139. The number of nitrogens with zero attached hydrogens (tertiary/aromatic N) is 3. The Labute approximate surface area is 232 Å². The Morgan fingerprint density at radius 3 is 2.50 bits per heavy atom. The number of amides is 4. The van der Waals surface area contributed by atoms with Crippen LogP contribution in [0.15, 0.2) is 48.5 Å². The number of aryl methyl sites for hydroxylation is 1. The van der Waals surface area contributed by atoms with Crippen LogP contribution in [0.25, 0.3) is 0 Å². The number of carbonyl (C=O) groups excluding carboxylic acids is 4. The van der Waals surface area contributed by atoms with Gasteiger partial charge in [-0.1, -0.05) is 24.3 Å². The zero-order valence-electron chi connectivity index (χ0n) is 22.5. The van der Waals surface area contributed by atoms with Crippen molar-refractivity contribution in [2.24, 2.45) is 0 Å². The van der Waals surface area contributed by atoms with Crippen molar-refractivity contribution in [2.45, 2.75) is 38.0 Å². The third kappa shape index (κ3) is 6.90. The molecule has 2 fully saturated rings. The number of cyclic esters (lactones) is 1. The Balaban J connectivity index is 1.33. The summed E-state index contributed by atoms with van der Waals surface area (Å²) >= 11 is 0. The van der Waals surface area contributed by atoms with Crippen LogP contribution in [0.5, 0.6) is 11.5 Å². The zero-order valence-corrected chi connectivity index (χ0v) is 22.5. The summed E-state index contributed by atoms with van der Waals surface area (Å²) in [7, 11) is 1.60. The van der Waals surface area contributed by atoms with Gasteiger partial charge in [-0.25, -0.2) is 4.79 Å². The third-order valence-electron chi connectivity index (χ3n) is 7.35. The van der Waals surface area contributed by atoms with Crippen molar-refractivity contribution in [3.05, 3.63) is 59.7 Å². The van der Waals surface area contributed by atoms with E-state index in [0.717, 1.165) is 11.1 Å². The standard InChI is InChI=1S/C29H34N4O7/c1-31-17-26(34)30-24-16-32(28(36)18-33-12-13-38-29(33)37)11-10-25(24)39-19-21-5-3-7-23(15-21)40-22-6-2-4-20(14-22)8-9-27(31)35/h2-7,14-15,24-25H,8-13,16-19H2,1H3,(H,30,34)/t24-,25+/m0/s1. The molecule has 2 aromatic rings. The van der Waals surface area contributed by atoms with Crippen molar-refractivity contribution in [2.75, 3.05) is 46.4 Å². The number of piperidine rings is 1. The summed E-state index contributed by atoms with van der Waals surface area (Å²) in [5, 5.41) is 2.99. The zero-order chi connectivity index (χ0) is 28.1. The van der Waals surface area contributed by atoms with E-state index in [0.29, 0.717) is 44.0 Å². The quantitative estimate of drug-likeness (QED) is 0.607. The molecule has 11 nitrogen and oxygen atoms in total. The van der Waals surface area contributed by atoms with Gasteiger partial charge in [0.15, 0.2) is 0 Å². The lowest BCUT2D eigenvalue weighted by atomic mass is 10.0. The number of likely N-dealkylation sites (tertiary alicyclic amines) is 1. The monoisotopic (exact) mass is 550 g/mol. The van der Waals surface area contributed by atoms with Crippen molar-refractivity contribution < 1.29 is 33.4 Å². The van der Waals surface area contributed by atoms with Crippen molar-refractivity contribution >= 4 is 23.8 Å². The Kier molecular flexibility index (Phi) is 8.49. The number of hydrogen-bond donors (Lipinski definition) is 1. The molecule has 11 heteroatoms. The van der Waals surface area contributed by atoms with E-state index in [1.807, 2.05) is 48.5 Å². The first-order valence-electron chi connectivity index (χ1n) is 13.5. The van der Waals surface area contributed by atoms with Gasteiger partial charge in [0.2, 0.25) is 17.7 Å². The summed E-state index contributed by atoms with van der Waals surface area (Å²) in [5.74, 6) is 0.648. The van der Waals surface area contributed by atoms with Crippen LogP contribution in [0.1, 0.15) is 24.0 Å². The van der Waals surface area contributed by atoms with Crippen LogP contribution in [-0.4, -0.2) is 97.0 Å². The van der Waals surface area contributed by atoms with Gasteiger partial charge < -0.3 is 29.3 Å². The van der Waals surface area contributed by atoms with Crippen LogP contribution in [0.2, 0.25) is 0 Å². The van der Waals surface area contributed by atoms with E-state index < -0.39 is 12.1 Å². The molecule has 2 atom stereocenters. The van der Waals surface area contributed by atoms with Crippen molar-refractivity contribution in [1.82, 2.24) is 20.0 Å². The third-order valence-corrected chi connectivity index (χ3v) is 7.35. The van der Waals surface area contributed by atoms with E-state index in [1.54, 1.807) is 11.9 Å². The predicted molar refractivity (Wildman–Crippen MR) is 144 cm³/mol. The molecule has 0 radical (unpaired) electrons. The van der Waals surface area contributed by atoms with Gasteiger partial charge in [0, 0.05) is 26.6 Å². The van der Waals surface area contributed by atoms with Crippen molar-refractivity contribution in [1.29, 1.82) is 0 Å². The lowest BCUT2D eigenvalue weighted by Gasteiger charge is -2.39. The minimum Gasteiger partial charge on any atom is -0.457 e. The summed E-state index contributed by atoms with van der Waals surface area (Å²) in [6.45, 7) is 1.41. The topological polar surface area (TPSA) is 118 Å². The van der Waals surface area contributed by atoms with Crippen LogP contribution in [-0.2, 0) is 36.9 Å². The number of carbonyl (C=O) groups is 4. The van der Waals surface area contributed by atoms with E-state index in [1.165, 1.54) is 9.80 Å². The fourth-order valence-corrected chi connectivity index (χ4v) is 5.13. The SMILES string of the molecule is CN1CC(=O)N[C@H]2CN(C(=O)CN3CCOC3=O)CC[C@H]2OCc2cccc(c2)Oc2cccc(c2)CCC1=O.